The lowest BCUT2D eigenvalue weighted by Crippen LogP contribution is -2.28. The molecule has 0 spiro atoms. The molecule has 2 amide bonds. The van der Waals surface area contributed by atoms with Gasteiger partial charge in [-0.25, -0.2) is 8.42 Å². The van der Waals surface area contributed by atoms with E-state index in [1.807, 2.05) is 19.1 Å². The van der Waals surface area contributed by atoms with Gasteiger partial charge in [0.15, 0.2) is 0 Å². The SMILES string of the molecule is CCc1ccccc1NS(=O)(=O)c1ccc(CN2C(=O)c3cccnc3C2=O)s1. The van der Waals surface area contributed by atoms with Crippen LogP contribution in [0.2, 0.25) is 0 Å². The van der Waals surface area contributed by atoms with Gasteiger partial charge in [0.05, 0.1) is 17.8 Å². The first-order valence-corrected chi connectivity index (χ1v) is 11.2. The first kappa shape index (κ1) is 19.3. The Morgan fingerprint density at radius 1 is 1.03 bits per heavy atom. The molecule has 0 saturated carbocycles. The summed E-state index contributed by atoms with van der Waals surface area (Å²) in [6, 6.07) is 13.5. The standard InChI is InChI=1S/C20H17N3O4S2/c1-2-13-6-3-4-8-16(13)22-29(26,27)17-10-9-14(28-17)12-23-19(24)15-7-5-11-21-18(15)20(23)25/h3-11,22H,2,12H2,1H3. The Kier molecular flexibility index (Phi) is 4.93. The number of imide groups is 1. The highest BCUT2D eigenvalue weighted by molar-refractivity contribution is 7.94. The van der Waals surface area contributed by atoms with Gasteiger partial charge in [0, 0.05) is 11.1 Å². The van der Waals surface area contributed by atoms with E-state index in [0.29, 0.717) is 17.0 Å². The Bertz CT molecular complexity index is 1180. The molecule has 148 valence electrons. The lowest BCUT2D eigenvalue weighted by Gasteiger charge is -2.12. The molecular weight excluding hydrogens is 410 g/mol. The van der Waals surface area contributed by atoms with Crippen LogP contribution in [0, 0.1) is 0 Å². The number of amides is 2. The van der Waals surface area contributed by atoms with Crippen LogP contribution in [0.25, 0.3) is 0 Å². The summed E-state index contributed by atoms with van der Waals surface area (Å²) in [5, 5.41) is 0. The number of rotatable bonds is 6. The largest absolute Gasteiger partial charge is 0.280 e. The summed E-state index contributed by atoms with van der Waals surface area (Å²) in [7, 11) is -3.77. The van der Waals surface area contributed by atoms with Gasteiger partial charge in [-0.05, 0) is 42.3 Å². The summed E-state index contributed by atoms with van der Waals surface area (Å²) in [6.07, 6.45) is 2.16. The molecule has 0 bridgehead atoms. The third-order valence-corrected chi connectivity index (χ3v) is 7.52. The van der Waals surface area contributed by atoms with Crippen LogP contribution in [0.15, 0.2) is 58.9 Å². The topological polar surface area (TPSA) is 96.4 Å². The van der Waals surface area contributed by atoms with Gasteiger partial charge in [-0.15, -0.1) is 11.3 Å². The molecule has 0 saturated heterocycles. The summed E-state index contributed by atoms with van der Waals surface area (Å²) in [5.74, 6) is -0.899. The van der Waals surface area contributed by atoms with Crippen molar-refractivity contribution in [3.63, 3.8) is 0 Å². The van der Waals surface area contributed by atoms with E-state index in [1.165, 1.54) is 12.3 Å². The van der Waals surface area contributed by atoms with Gasteiger partial charge in [0.1, 0.15) is 9.90 Å². The number of thiophene rings is 1. The smallest absolute Gasteiger partial charge is 0.279 e. The lowest BCUT2D eigenvalue weighted by atomic mass is 10.1. The molecule has 1 aliphatic rings. The molecule has 0 radical (unpaired) electrons. The first-order chi connectivity index (χ1) is 13.9. The predicted octanol–water partition coefficient (Wildman–Crippen LogP) is 3.30. The Labute approximate surface area is 172 Å². The monoisotopic (exact) mass is 427 g/mol. The molecule has 4 rings (SSSR count). The van der Waals surface area contributed by atoms with Gasteiger partial charge in [0.25, 0.3) is 21.8 Å². The second kappa shape index (κ2) is 7.41. The van der Waals surface area contributed by atoms with Crippen molar-refractivity contribution in [3.05, 3.63) is 76.4 Å². The normalized spacial score (nSPS) is 13.6. The number of aromatic nitrogens is 1. The minimum absolute atomic E-state index is 0.000238. The number of hydrogen-bond acceptors (Lipinski definition) is 6. The van der Waals surface area contributed by atoms with E-state index in [4.69, 9.17) is 0 Å². The summed E-state index contributed by atoms with van der Waals surface area (Å²) in [6.45, 7) is 1.95. The van der Waals surface area contributed by atoms with E-state index in [9.17, 15) is 18.0 Å². The van der Waals surface area contributed by atoms with Crippen LogP contribution in [0.5, 0.6) is 0 Å². The molecule has 1 aromatic carbocycles. The maximum Gasteiger partial charge on any atom is 0.280 e. The highest BCUT2D eigenvalue weighted by Gasteiger charge is 2.36. The van der Waals surface area contributed by atoms with Crippen LogP contribution in [0.3, 0.4) is 0 Å². The quantitative estimate of drug-likeness (QED) is 0.609. The van der Waals surface area contributed by atoms with Crippen LogP contribution in [-0.4, -0.2) is 30.1 Å². The van der Waals surface area contributed by atoms with Crippen LogP contribution in [0.1, 0.15) is 38.2 Å². The van der Waals surface area contributed by atoms with Crippen molar-refractivity contribution in [2.75, 3.05) is 4.72 Å². The number of hydrogen-bond donors (Lipinski definition) is 1. The molecule has 3 aromatic rings. The van der Waals surface area contributed by atoms with Crippen molar-refractivity contribution in [3.8, 4) is 0 Å². The predicted molar refractivity (Wildman–Crippen MR) is 109 cm³/mol. The summed E-state index contributed by atoms with van der Waals surface area (Å²) >= 11 is 1.03. The van der Waals surface area contributed by atoms with E-state index in [1.54, 1.807) is 30.3 Å². The fourth-order valence-corrected chi connectivity index (χ4v) is 5.57. The Morgan fingerprint density at radius 3 is 2.59 bits per heavy atom. The maximum atomic E-state index is 12.8. The number of carbonyl (C=O) groups excluding carboxylic acids is 2. The van der Waals surface area contributed by atoms with E-state index in [-0.39, 0.29) is 22.0 Å². The molecular formula is C20H17N3O4S2. The minimum atomic E-state index is -3.77. The number of anilines is 1. The average molecular weight is 428 g/mol. The first-order valence-electron chi connectivity index (χ1n) is 8.91. The summed E-state index contributed by atoms with van der Waals surface area (Å²) in [5.41, 5.74) is 1.82. The summed E-state index contributed by atoms with van der Waals surface area (Å²) in [4.78, 5) is 30.6. The molecule has 1 N–H and O–H groups in total. The number of nitrogens with one attached hydrogen (secondary N) is 1. The molecule has 3 heterocycles. The van der Waals surface area contributed by atoms with Gasteiger partial charge in [-0.3, -0.25) is 24.2 Å². The van der Waals surface area contributed by atoms with Crippen molar-refractivity contribution >= 4 is 38.9 Å². The fourth-order valence-electron chi connectivity index (χ4n) is 3.12. The van der Waals surface area contributed by atoms with Gasteiger partial charge < -0.3 is 0 Å². The second-order valence-electron chi connectivity index (χ2n) is 6.43. The molecule has 0 aliphatic carbocycles. The molecule has 29 heavy (non-hydrogen) atoms. The zero-order valence-corrected chi connectivity index (χ0v) is 17.1. The van der Waals surface area contributed by atoms with Crippen LogP contribution in [0.4, 0.5) is 5.69 Å². The third kappa shape index (κ3) is 3.54. The van der Waals surface area contributed by atoms with Crippen molar-refractivity contribution < 1.29 is 18.0 Å². The molecule has 7 nitrogen and oxygen atoms in total. The number of benzene rings is 1. The molecule has 0 atom stereocenters. The lowest BCUT2D eigenvalue weighted by molar-refractivity contribution is 0.0642. The number of fused-ring (bicyclic) bond motifs is 1. The average Bonchev–Trinajstić information content (AvgIpc) is 3.29. The van der Waals surface area contributed by atoms with Crippen LogP contribution in [-0.2, 0) is 23.0 Å². The third-order valence-electron chi connectivity index (χ3n) is 4.59. The van der Waals surface area contributed by atoms with Crippen molar-refractivity contribution in [2.45, 2.75) is 24.1 Å². The second-order valence-corrected chi connectivity index (χ2v) is 9.51. The highest BCUT2D eigenvalue weighted by Crippen LogP contribution is 2.29. The number of carbonyl (C=O) groups is 2. The van der Waals surface area contributed by atoms with E-state index in [0.717, 1.165) is 21.8 Å². The van der Waals surface area contributed by atoms with E-state index in [2.05, 4.69) is 9.71 Å². The van der Waals surface area contributed by atoms with Gasteiger partial charge >= 0.3 is 0 Å². The fraction of sp³-hybridized carbons (Fsp3) is 0.150. The molecule has 1 aliphatic heterocycles. The van der Waals surface area contributed by atoms with Crippen LogP contribution < -0.4 is 4.72 Å². The van der Waals surface area contributed by atoms with Crippen molar-refractivity contribution in [1.29, 1.82) is 0 Å². The number of nitrogens with zero attached hydrogens (tertiary/aromatic N) is 2. The molecule has 2 aromatic heterocycles. The number of aryl methyl sites for hydroxylation is 1. The maximum absolute atomic E-state index is 12.8. The Balaban J connectivity index is 1.54. The van der Waals surface area contributed by atoms with Gasteiger partial charge in [0.2, 0.25) is 0 Å². The van der Waals surface area contributed by atoms with Crippen LogP contribution >= 0.6 is 11.3 Å². The zero-order valence-electron chi connectivity index (χ0n) is 15.5. The molecule has 0 unspecified atom stereocenters. The number of para-hydroxylation sites is 1. The van der Waals surface area contributed by atoms with Gasteiger partial charge in [-0.2, -0.15) is 0 Å². The zero-order chi connectivity index (χ0) is 20.6. The van der Waals surface area contributed by atoms with E-state index >= 15 is 0 Å². The highest BCUT2D eigenvalue weighted by atomic mass is 32.2. The molecule has 9 heteroatoms. The van der Waals surface area contributed by atoms with Gasteiger partial charge in [-0.1, -0.05) is 25.1 Å². The Hall–Kier alpha value is -3.04. The van der Waals surface area contributed by atoms with Crippen molar-refractivity contribution in [2.24, 2.45) is 0 Å². The summed E-state index contributed by atoms with van der Waals surface area (Å²) < 4.78 is 28.3. The number of sulfonamides is 1. The number of pyridine rings is 1. The molecule has 0 fully saturated rings. The minimum Gasteiger partial charge on any atom is -0.279 e. The van der Waals surface area contributed by atoms with E-state index < -0.39 is 21.8 Å². The van der Waals surface area contributed by atoms with Crippen molar-refractivity contribution in [1.82, 2.24) is 9.88 Å². The Morgan fingerprint density at radius 2 is 1.83 bits per heavy atom.